The van der Waals surface area contributed by atoms with Gasteiger partial charge in [-0.2, -0.15) is 0 Å². The Morgan fingerprint density at radius 2 is 1.29 bits per heavy atom. The number of amides is 1. The Balaban J connectivity index is 1.83. The molecule has 1 unspecified atom stereocenters. The van der Waals surface area contributed by atoms with Crippen molar-refractivity contribution in [2.45, 2.75) is 91.1 Å². The number of unbranched alkanes of at least 4 members (excludes halogenated alkanes) is 7. The van der Waals surface area contributed by atoms with Crippen molar-refractivity contribution in [2.24, 2.45) is 0 Å². The SMILES string of the molecule is CCCCCCCCCc1ccc(-c2ccc(C(=O)OC(C)C(=O)N(C)CCCC)cc2)cc1. The monoisotopic (exact) mass is 465 g/mol. The van der Waals surface area contributed by atoms with E-state index in [1.165, 1.54) is 50.5 Å². The Hall–Kier alpha value is -2.62. The first-order valence-electron chi connectivity index (χ1n) is 13.1. The molecule has 4 nitrogen and oxygen atoms in total. The molecule has 34 heavy (non-hydrogen) atoms. The topological polar surface area (TPSA) is 46.6 Å². The van der Waals surface area contributed by atoms with Gasteiger partial charge in [-0.05, 0) is 55.0 Å². The number of carbonyl (C=O) groups is 2. The van der Waals surface area contributed by atoms with Crippen LogP contribution < -0.4 is 0 Å². The van der Waals surface area contributed by atoms with E-state index in [2.05, 4.69) is 38.1 Å². The number of ether oxygens (including phenoxy) is 1. The van der Waals surface area contributed by atoms with Crippen LogP contribution in [0.3, 0.4) is 0 Å². The Kier molecular flexibility index (Phi) is 12.4. The average molecular weight is 466 g/mol. The third-order valence-corrected chi connectivity index (χ3v) is 6.33. The van der Waals surface area contributed by atoms with Gasteiger partial charge in [0.25, 0.3) is 5.91 Å². The van der Waals surface area contributed by atoms with E-state index in [9.17, 15) is 9.59 Å². The first kappa shape index (κ1) is 27.6. The molecule has 0 saturated heterocycles. The molecule has 0 aliphatic rings. The maximum Gasteiger partial charge on any atom is 0.338 e. The summed E-state index contributed by atoms with van der Waals surface area (Å²) in [6.45, 7) is 6.64. The molecular weight excluding hydrogens is 422 g/mol. The molecule has 0 saturated carbocycles. The normalized spacial score (nSPS) is 11.8. The lowest BCUT2D eigenvalue weighted by molar-refractivity contribution is -0.138. The number of hydrogen-bond donors (Lipinski definition) is 0. The van der Waals surface area contributed by atoms with Gasteiger partial charge in [-0.25, -0.2) is 4.79 Å². The Morgan fingerprint density at radius 1 is 0.765 bits per heavy atom. The molecule has 0 radical (unpaired) electrons. The lowest BCUT2D eigenvalue weighted by Gasteiger charge is -2.21. The minimum absolute atomic E-state index is 0.171. The molecule has 0 aromatic heterocycles. The summed E-state index contributed by atoms with van der Waals surface area (Å²) < 4.78 is 5.40. The number of benzene rings is 2. The number of rotatable bonds is 15. The van der Waals surface area contributed by atoms with Gasteiger partial charge >= 0.3 is 5.97 Å². The summed E-state index contributed by atoms with van der Waals surface area (Å²) in [5.41, 5.74) is 4.02. The van der Waals surface area contributed by atoms with E-state index in [1.54, 1.807) is 31.0 Å². The summed E-state index contributed by atoms with van der Waals surface area (Å²) in [7, 11) is 1.75. The second-order valence-corrected chi connectivity index (χ2v) is 9.31. The molecule has 0 spiro atoms. The Morgan fingerprint density at radius 3 is 1.88 bits per heavy atom. The van der Waals surface area contributed by atoms with E-state index >= 15 is 0 Å². The molecule has 1 atom stereocenters. The molecular formula is C30H43NO3. The lowest BCUT2D eigenvalue weighted by Crippen LogP contribution is -2.37. The molecule has 2 aromatic rings. The zero-order chi connectivity index (χ0) is 24.8. The highest BCUT2D eigenvalue weighted by Crippen LogP contribution is 2.22. The van der Waals surface area contributed by atoms with Crippen molar-refractivity contribution < 1.29 is 14.3 Å². The minimum atomic E-state index is -0.794. The zero-order valence-corrected chi connectivity index (χ0v) is 21.6. The van der Waals surface area contributed by atoms with Crippen LogP contribution >= 0.6 is 0 Å². The first-order valence-corrected chi connectivity index (χ1v) is 13.1. The van der Waals surface area contributed by atoms with Crippen molar-refractivity contribution in [1.82, 2.24) is 4.90 Å². The van der Waals surface area contributed by atoms with Crippen molar-refractivity contribution in [3.8, 4) is 11.1 Å². The molecule has 2 aromatic carbocycles. The highest BCUT2D eigenvalue weighted by atomic mass is 16.5. The maximum absolute atomic E-state index is 12.5. The van der Waals surface area contributed by atoms with Gasteiger partial charge < -0.3 is 9.64 Å². The fraction of sp³-hybridized carbons (Fsp3) is 0.533. The summed E-state index contributed by atoms with van der Waals surface area (Å²) >= 11 is 0. The van der Waals surface area contributed by atoms with Crippen LogP contribution in [0.2, 0.25) is 0 Å². The predicted octanol–water partition coefficient (Wildman–Crippen LogP) is 7.45. The van der Waals surface area contributed by atoms with Crippen LogP contribution in [0.25, 0.3) is 11.1 Å². The first-order chi connectivity index (χ1) is 16.5. The number of nitrogens with zero attached hydrogens (tertiary/aromatic N) is 1. The van der Waals surface area contributed by atoms with E-state index in [1.807, 2.05) is 12.1 Å². The largest absolute Gasteiger partial charge is 0.449 e. The number of hydrogen-bond acceptors (Lipinski definition) is 3. The van der Waals surface area contributed by atoms with Crippen LogP contribution in [0.5, 0.6) is 0 Å². The lowest BCUT2D eigenvalue weighted by atomic mass is 10.00. The summed E-state index contributed by atoms with van der Waals surface area (Å²) in [5, 5.41) is 0. The summed E-state index contributed by atoms with van der Waals surface area (Å²) in [6.07, 6.45) is 11.6. The molecule has 4 heteroatoms. The summed E-state index contributed by atoms with van der Waals surface area (Å²) in [6, 6.07) is 16.1. The van der Waals surface area contributed by atoms with Gasteiger partial charge in [-0.3, -0.25) is 4.79 Å². The van der Waals surface area contributed by atoms with Crippen LogP contribution in [0.4, 0.5) is 0 Å². The molecule has 0 N–H and O–H groups in total. The fourth-order valence-corrected chi connectivity index (χ4v) is 4.04. The third kappa shape index (κ3) is 9.32. The second kappa shape index (κ2) is 15.3. The standard InChI is InChI=1S/C30H43NO3/c1-5-7-9-10-11-12-13-14-25-15-17-26(18-16-25)27-19-21-28(22-20-27)30(33)34-24(3)29(32)31(4)23-8-6-2/h15-22,24H,5-14,23H2,1-4H3. The highest BCUT2D eigenvalue weighted by molar-refractivity contribution is 5.92. The molecule has 0 aliphatic heterocycles. The number of aryl methyl sites for hydroxylation is 1. The van der Waals surface area contributed by atoms with Crippen molar-refractivity contribution in [2.75, 3.05) is 13.6 Å². The highest BCUT2D eigenvalue weighted by Gasteiger charge is 2.21. The fourth-order valence-electron chi connectivity index (χ4n) is 4.04. The van der Waals surface area contributed by atoms with Gasteiger partial charge in [-0.1, -0.05) is 95.2 Å². The van der Waals surface area contributed by atoms with Crippen molar-refractivity contribution in [3.05, 3.63) is 59.7 Å². The van der Waals surface area contributed by atoms with Crippen LogP contribution in [-0.2, 0) is 16.0 Å². The summed E-state index contributed by atoms with van der Waals surface area (Å²) in [5.74, 6) is -0.642. The maximum atomic E-state index is 12.5. The molecule has 0 heterocycles. The van der Waals surface area contributed by atoms with Gasteiger partial charge in [0.05, 0.1) is 5.56 Å². The van der Waals surface area contributed by atoms with Crippen molar-refractivity contribution in [1.29, 1.82) is 0 Å². The molecule has 0 bridgehead atoms. The smallest absolute Gasteiger partial charge is 0.338 e. The Bertz CT molecular complexity index is 858. The van der Waals surface area contributed by atoms with Gasteiger partial charge in [-0.15, -0.1) is 0 Å². The van der Waals surface area contributed by atoms with Crippen LogP contribution in [0, 0.1) is 0 Å². The molecule has 1 amide bonds. The Labute approximate surface area is 206 Å². The third-order valence-electron chi connectivity index (χ3n) is 6.33. The zero-order valence-electron chi connectivity index (χ0n) is 21.6. The van der Waals surface area contributed by atoms with Crippen LogP contribution in [0.1, 0.15) is 94.5 Å². The number of likely N-dealkylation sites (N-methyl/N-ethyl adjacent to an activating group) is 1. The quantitative estimate of drug-likeness (QED) is 0.203. The van der Waals surface area contributed by atoms with Gasteiger partial charge in [0.1, 0.15) is 0 Å². The van der Waals surface area contributed by atoms with E-state index in [0.717, 1.165) is 30.4 Å². The average Bonchev–Trinajstić information content (AvgIpc) is 2.86. The number of esters is 1. The minimum Gasteiger partial charge on any atom is -0.449 e. The molecule has 2 rings (SSSR count). The molecule has 0 aliphatic carbocycles. The van der Waals surface area contributed by atoms with Gasteiger partial charge in [0, 0.05) is 13.6 Å². The number of carbonyl (C=O) groups excluding carboxylic acids is 2. The van der Waals surface area contributed by atoms with E-state index < -0.39 is 12.1 Å². The second-order valence-electron chi connectivity index (χ2n) is 9.31. The predicted molar refractivity (Wildman–Crippen MR) is 141 cm³/mol. The van der Waals surface area contributed by atoms with Crippen molar-refractivity contribution >= 4 is 11.9 Å². The molecule has 0 fully saturated rings. The van der Waals surface area contributed by atoms with Crippen LogP contribution in [0.15, 0.2) is 48.5 Å². The van der Waals surface area contributed by atoms with Gasteiger partial charge in [0.15, 0.2) is 6.10 Å². The van der Waals surface area contributed by atoms with E-state index in [0.29, 0.717) is 12.1 Å². The van der Waals surface area contributed by atoms with E-state index in [-0.39, 0.29) is 5.91 Å². The van der Waals surface area contributed by atoms with Crippen LogP contribution in [-0.4, -0.2) is 36.5 Å². The van der Waals surface area contributed by atoms with E-state index in [4.69, 9.17) is 4.74 Å². The van der Waals surface area contributed by atoms with Crippen molar-refractivity contribution in [3.63, 3.8) is 0 Å². The molecule has 186 valence electrons. The van der Waals surface area contributed by atoms with Gasteiger partial charge in [0.2, 0.25) is 0 Å². The summed E-state index contributed by atoms with van der Waals surface area (Å²) in [4.78, 5) is 26.5.